The number of hydrogen-bond donors (Lipinski definition) is 0. The number of rotatable bonds is 4. The maximum absolute atomic E-state index is 12.3. The highest BCUT2D eigenvalue weighted by Gasteiger charge is 2.04. The van der Waals surface area contributed by atoms with Crippen LogP contribution in [0.2, 0.25) is 0 Å². The maximum Gasteiger partial charge on any atom is 0.115 e. The molecule has 10 heavy (non-hydrogen) atoms. The van der Waals surface area contributed by atoms with E-state index in [2.05, 4.69) is 6.58 Å². The molecule has 0 aromatic heterocycles. The molecule has 0 rings (SSSR count). The van der Waals surface area contributed by atoms with Crippen LogP contribution in [0.3, 0.4) is 0 Å². The van der Waals surface area contributed by atoms with Gasteiger partial charge in [0.25, 0.3) is 0 Å². The molecule has 0 aliphatic carbocycles. The van der Waals surface area contributed by atoms with Gasteiger partial charge in [-0.2, -0.15) is 0 Å². The molecule has 0 aliphatic rings. The molecule has 0 N–H and O–H groups in total. The van der Waals surface area contributed by atoms with Crippen molar-refractivity contribution in [1.29, 1.82) is 0 Å². The van der Waals surface area contributed by atoms with Crippen LogP contribution in [0, 0.1) is 0 Å². The van der Waals surface area contributed by atoms with Crippen LogP contribution in [-0.4, -0.2) is 30.5 Å². The summed E-state index contributed by atoms with van der Waals surface area (Å²) in [6.45, 7) is 5.53. The number of alkyl halides is 2. The van der Waals surface area contributed by atoms with Gasteiger partial charge in [-0.05, 0) is 6.92 Å². The molecule has 0 heterocycles. The number of allylic oxidation sites excluding steroid dienone is 1. The first-order valence-corrected chi connectivity index (χ1v) is 3.70. The average molecular weight is 166 g/mol. The van der Waals surface area contributed by atoms with Crippen molar-refractivity contribution in [2.45, 2.75) is 13.1 Å². The summed E-state index contributed by atoms with van der Waals surface area (Å²) >= 11 is 5.47. The quantitative estimate of drug-likeness (QED) is 0.577. The van der Waals surface area contributed by atoms with Gasteiger partial charge in [0.2, 0.25) is 0 Å². The second-order valence-corrected chi connectivity index (χ2v) is 2.63. The van der Waals surface area contributed by atoms with Gasteiger partial charge in [-0.3, -0.25) is 0 Å². The molecule has 1 atom stereocenters. The summed E-state index contributed by atoms with van der Waals surface area (Å²) in [5.74, 6) is 0.364. The fourth-order valence-corrected chi connectivity index (χ4v) is 0.813. The third kappa shape index (κ3) is 3.72. The Labute approximate surface area is 66.5 Å². The van der Waals surface area contributed by atoms with E-state index in [9.17, 15) is 4.39 Å². The Morgan fingerprint density at radius 2 is 2.30 bits per heavy atom. The zero-order chi connectivity index (χ0) is 8.15. The van der Waals surface area contributed by atoms with Crippen molar-refractivity contribution in [3.63, 3.8) is 0 Å². The molecule has 0 aromatic carbocycles. The van der Waals surface area contributed by atoms with Gasteiger partial charge in [-0.25, -0.2) is 4.39 Å². The lowest BCUT2D eigenvalue weighted by molar-refractivity contribution is 0.271. The molecule has 0 saturated carbocycles. The minimum absolute atomic E-state index is 0.364. The van der Waals surface area contributed by atoms with Crippen molar-refractivity contribution in [1.82, 2.24) is 4.90 Å². The molecule has 60 valence electrons. The summed E-state index contributed by atoms with van der Waals surface area (Å²) in [4.78, 5) is 1.72. The van der Waals surface area contributed by atoms with E-state index in [1.165, 1.54) is 6.92 Å². The molecule has 1 unspecified atom stereocenters. The molecule has 0 saturated heterocycles. The van der Waals surface area contributed by atoms with Gasteiger partial charge in [-0.1, -0.05) is 6.58 Å². The van der Waals surface area contributed by atoms with Gasteiger partial charge in [0, 0.05) is 19.3 Å². The zero-order valence-electron chi connectivity index (χ0n) is 6.40. The second-order valence-electron chi connectivity index (χ2n) is 2.36. The molecule has 0 amide bonds. The molecule has 0 aromatic rings. The van der Waals surface area contributed by atoms with E-state index in [-0.39, 0.29) is 0 Å². The molecule has 0 fully saturated rings. The molecular weight excluding hydrogens is 153 g/mol. The van der Waals surface area contributed by atoms with Gasteiger partial charge in [0.1, 0.15) is 6.17 Å². The smallest absolute Gasteiger partial charge is 0.115 e. The third-order valence-electron chi connectivity index (χ3n) is 1.22. The minimum atomic E-state index is -0.829. The summed E-state index contributed by atoms with van der Waals surface area (Å²) in [6, 6.07) is 0. The lowest BCUT2D eigenvalue weighted by Crippen LogP contribution is -2.24. The van der Waals surface area contributed by atoms with Crippen LogP contribution in [-0.2, 0) is 0 Å². The Kier molecular flexibility index (Phi) is 4.45. The van der Waals surface area contributed by atoms with Gasteiger partial charge in [-0.15, -0.1) is 11.6 Å². The zero-order valence-corrected chi connectivity index (χ0v) is 7.16. The maximum atomic E-state index is 12.3. The highest BCUT2D eigenvalue weighted by molar-refractivity contribution is 6.19. The van der Waals surface area contributed by atoms with Crippen LogP contribution in [0.5, 0.6) is 0 Å². The molecule has 3 heteroatoms. The van der Waals surface area contributed by atoms with Crippen LogP contribution in [0.25, 0.3) is 0 Å². The minimum Gasteiger partial charge on any atom is -0.374 e. The summed E-state index contributed by atoms with van der Waals surface area (Å²) in [5, 5.41) is 0. The van der Waals surface area contributed by atoms with Gasteiger partial charge < -0.3 is 4.90 Å². The topological polar surface area (TPSA) is 3.24 Å². The van der Waals surface area contributed by atoms with E-state index in [1.54, 1.807) is 11.9 Å². The first-order chi connectivity index (χ1) is 4.57. The van der Waals surface area contributed by atoms with Gasteiger partial charge in [0.15, 0.2) is 0 Å². The van der Waals surface area contributed by atoms with Gasteiger partial charge >= 0.3 is 0 Å². The molecule has 0 radical (unpaired) electrons. The molecule has 0 aliphatic heterocycles. The molecule has 0 spiro atoms. The third-order valence-corrected chi connectivity index (χ3v) is 1.53. The highest BCUT2D eigenvalue weighted by Crippen LogP contribution is 2.02. The monoisotopic (exact) mass is 165 g/mol. The van der Waals surface area contributed by atoms with Crippen LogP contribution < -0.4 is 0 Å². The lowest BCUT2D eigenvalue weighted by Gasteiger charge is -2.20. The standard InChI is InChI=1S/C7H13ClFN/c1-6(9)5-10(3)7(2)4-8/h6H,2,4-5H2,1,3H3. The van der Waals surface area contributed by atoms with Crippen LogP contribution in [0.15, 0.2) is 12.3 Å². The average Bonchev–Trinajstić information content (AvgIpc) is 1.85. The molecule has 1 nitrogen and oxygen atoms in total. The summed E-state index contributed by atoms with van der Waals surface area (Å²) in [7, 11) is 1.78. The second kappa shape index (κ2) is 4.56. The first-order valence-electron chi connectivity index (χ1n) is 3.17. The Balaban J connectivity index is 3.61. The molecule has 0 bridgehead atoms. The van der Waals surface area contributed by atoms with Crippen molar-refractivity contribution >= 4 is 11.6 Å². The Morgan fingerprint density at radius 3 is 2.60 bits per heavy atom. The van der Waals surface area contributed by atoms with Crippen molar-refractivity contribution in [2.24, 2.45) is 0 Å². The Hall–Kier alpha value is -0.240. The van der Waals surface area contributed by atoms with Crippen molar-refractivity contribution < 1.29 is 4.39 Å². The lowest BCUT2D eigenvalue weighted by atomic mass is 10.4. The molecular formula is C7H13ClFN. The Morgan fingerprint density at radius 1 is 1.80 bits per heavy atom. The summed E-state index contributed by atoms with van der Waals surface area (Å²) in [5.41, 5.74) is 0.756. The first kappa shape index (κ1) is 9.76. The van der Waals surface area contributed by atoms with Crippen LogP contribution in [0.4, 0.5) is 4.39 Å². The van der Waals surface area contributed by atoms with Crippen molar-refractivity contribution in [2.75, 3.05) is 19.5 Å². The SMILES string of the molecule is C=C(CCl)N(C)CC(C)F. The fraction of sp³-hybridized carbons (Fsp3) is 0.714. The van der Waals surface area contributed by atoms with Crippen LogP contribution >= 0.6 is 11.6 Å². The van der Waals surface area contributed by atoms with E-state index < -0.39 is 6.17 Å². The van der Waals surface area contributed by atoms with E-state index >= 15 is 0 Å². The van der Waals surface area contributed by atoms with Crippen molar-refractivity contribution in [3.8, 4) is 0 Å². The predicted octanol–water partition coefficient (Wildman–Crippen LogP) is 2.03. The largest absolute Gasteiger partial charge is 0.374 e. The van der Waals surface area contributed by atoms with Crippen molar-refractivity contribution in [3.05, 3.63) is 12.3 Å². The van der Waals surface area contributed by atoms with E-state index in [4.69, 9.17) is 11.6 Å². The van der Waals surface area contributed by atoms with E-state index in [0.29, 0.717) is 12.4 Å². The summed E-state index contributed by atoms with van der Waals surface area (Å²) in [6.07, 6.45) is -0.829. The highest BCUT2D eigenvalue weighted by atomic mass is 35.5. The number of hydrogen-bond acceptors (Lipinski definition) is 1. The predicted molar refractivity (Wildman–Crippen MR) is 43.1 cm³/mol. The Bertz CT molecular complexity index is 114. The van der Waals surface area contributed by atoms with E-state index in [1.807, 2.05) is 0 Å². The number of nitrogens with zero attached hydrogens (tertiary/aromatic N) is 1. The van der Waals surface area contributed by atoms with Gasteiger partial charge in [0.05, 0.1) is 5.88 Å². The number of halogens is 2. The van der Waals surface area contributed by atoms with E-state index in [0.717, 1.165) is 5.70 Å². The fourth-order valence-electron chi connectivity index (χ4n) is 0.608. The van der Waals surface area contributed by atoms with Crippen LogP contribution in [0.1, 0.15) is 6.92 Å². The summed E-state index contributed by atoms with van der Waals surface area (Å²) < 4.78 is 12.3. The normalized spacial score (nSPS) is 12.8.